The second-order valence-electron chi connectivity index (χ2n) is 5.11. The third-order valence-electron chi connectivity index (χ3n) is 4.16. The van der Waals surface area contributed by atoms with Crippen molar-refractivity contribution in [2.24, 2.45) is 17.1 Å². The molecule has 3 N–H and O–H groups in total. The fourth-order valence-corrected chi connectivity index (χ4v) is 3.03. The minimum Gasteiger partial charge on any atom is -0.481 e. The lowest BCUT2D eigenvalue weighted by atomic mass is 10.0. The largest absolute Gasteiger partial charge is 0.481 e. The molecule has 1 aromatic rings. The summed E-state index contributed by atoms with van der Waals surface area (Å²) in [4.78, 5) is 13.3. The van der Waals surface area contributed by atoms with Crippen LogP contribution in [0.1, 0.15) is 12.0 Å². The molecule has 0 radical (unpaired) electrons. The molecule has 1 heterocycles. The molecule has 0 aromatic heterocycles. The van der Waals surface area contributed by atoms with Crippen LogP contribution in [-0.4, -0.2) is 28.7 Å². The summed E-state index contributed by atoms with van der Waals surface area (Å²) in [6, 6.07) is 10.0. The number of rotatable bonds is 3. The van der Waals surface area contributed by atoms with Crippen LogP contribution in [0.4, 0.5) is 0 Å². The predicted octanol–water partition coefficient (Wildman–Crippen LogP) is 0.878. The van der Waals surface area contributed by atoms with E-state index < -0.39 is 11.4 Å². The fraction of sp³-hybridized carbons (Fsp3) is 0.462. The van der Waals surface area contributed by atoms with Gasteiger partial charge >= 0.3 is 5.97 Å². The first kappa shape index (κ1) is 10.7. The number of carboxylic acids is 1. The number of likely N-dealkylation sites (tertiary alicyclic amines) is 1. The Morgan fingerprint density at radius 2 is 2.18 bits per heavy atom. The molecule has 2 fully saturated rings. The molecule has 0 spiro atoms. The molecule has 1 aliphatic carbocycles. The zero-order valence-corrected chi connectivity index (χ0v) is 9.54. The number of nitrogens with two attached hydrogens (primary N) is 1. The second-order valence-corrected chi connectivity index (χ2v) is 5.11. The summed E-state index contributed by atoms with van der Waals surface area (Å²) in [5, 5.41) is 9.26. The van der Waals surface area contributed by atoms with Crippen molar-refractivity contribution in [3.05, 3.63) is 35.9 Å². The zero-order chi connectivity index (χ0) is 12.0. The van der Waals surface area contributed by atoms with Gasteiger partial charge in [-0.25, -0.2) is 0 Å². The van der Waals surface area contributed by atoms with Crippen LogP contribution in [0, 0.1) is 11.3 Å². The Kier molecular flexibility index (Phi) is 2.24. The third kappa shape index (κ3) is 1.48. The van der Waals surface area contributed by atoms with Gasteiger partial charge in [0.15, 0.2) is 0 Å². The summed E-state index contributed by atoms with van der Waals surface area (Å²) < 4.78 is 0. The Morgan fingerprint density at radius 3 is 2.76 bits per heavy atom. The maximum absolute atomic E-state index is 11.3. The highest BCUT2D eigenvalue weighted by Gasteiger charge is 2.69. The van der Waals surface area contributed by atoms with Gasteiger partial charge in [0.05, 0.1) is 6.17 Å². The van der Waals surface area contributed by atoms with Gasteiger partial charge in [-0.2, -0.15) is 0 Å². The van der Waals surface area contributed by atoms with E-state index in [0.29, 0.717) is 0 Å². The van der Waals surface area contributed by atoms with Crippen LogP contribution < -0.4 is 5.73 Å². The number of hydrogen-bond acceptors (Lipinski definition) is 3. The van der Waals surface area contributed by atoms with Crippen LogP contribution >= 0.6 is 0 Å². The van der Waals surface area contributed by atoms with E-state index >= 15 is 0 Å². The number of benzene rings is 1. The Morgan fingerprint density at radius 1 is 1.47 bits per heavy atom. The van der Waals surface area contributed by atoms with Crippen molar-refractivity contribution in [1.82, 2.24) is 4.90 Å². The Balaban J connectivity index is 1.74. The van der Waals surface area contributed by atoms with Crippen LogP contribution in [0.2, 0.25) is 0 Å². The molecule has 17 heavy (non-hydrogen) atoms. The van der Waals surface area contributed by atoms with Crippen molar-refractivity contribution in [3.63, 3.8) is 0 Å². The zero-order valence-electron chi connectivity index (χ0n) is 9.54. The maximum atomic E-state index is 11.3. The van der Waals surface area contributed by atoms with Gasteiger partial charge in [-0.3, -0.25) is 9.69 Å². The van der Waals surface area contributed by atoms with E-state index in [1.54, 1.807) is 0 Å². The summed E-state index contributed by atoms with van der Waals surface area (Å²) in [6.07, 6.45) is 0.402. The van der Waals surface area contributed by atoms with E-state index in [0.717, 1.165) is 19.5 Å². The predicted molar refractivity (Wildman–Crippen MR) is 63.0 cm³/mol. The first-order chi connectivity index (χ1) is 8.14. The van der Waals surface area contributed by atoms with Gasteiger partial charge in [0.2, 0.25) is 0 Å². The average Bonchev–Trinajstić information content (AvgIpc) is 2.98. The topological polar surface area (TPSA) is 66.6 Å². The fourth-order valence-electron chi connectivity index (χ4n) is 3.03. The quantitative estimate of drug-likeness (QED) is 0.811. The van der Waals surface area contributed by atoms with Crippen molar-refractivity contribution in [3.8, 4) is 0 Å². The van der Waals surface area contributed by atoms with Crippen LogP contribution in [-0.2, 0) is 11.3 Å². The lowest BCUT2D eigenvalue weighted by molar-refractivity contribution is -0.145. The summed E-state index contributed by atoms with van der Waals surface area (Å²) in [7, 11) is 0. The van der Waals surface area contributed by atoms with Crippen LogP contribution in [0.25, 0.3) is 0 Å². The number of aliphatic carboxylic acids is 1. The standard InChI is InChI=1S/C13H16N2O2/c14-11-13(12(16)17)6-10(13)8-15(11)7-9-4-2-1-3-5-9/h1-5,10-11H,6-8,14H2,(H,16,17)/t10?,11?,13-/m1/s1. The van der Waals surface area contributed by atoms with Crippen molar-refractivity contribution < 1.29 is 9.90 Å². The number of carboxylic acid groups (broad SMARTS) is 1. The van der Waals surface area contributed by atoms with E-state index in [4.69, 9.17) is 5.73 Å². The van der Waals surface area contributed by atoms with Crippen LogP contribution in [0.5, 0.6) is 0 Å². The van der Waals surface area contributed by atoms with Gasteiger partial charge in [-0.05, 0) is 17.9 Å². The first-order valence-electron chi connectivity index (χ1n) is 5.91. The minimum absolute atomic E-state index is 0.249. The Hall–Kier alpha value is -1.39. The van der Waals surface area contributed by atoms with E-state index in [1.165, 1.54) is 5.56 Å². The molecule has 2 aliphatic rings. The molecule has 0 bridgehead atoms. The van der Waals surface area contributed by atoms with E-state index in [1.807, 2.05) is 30.3 Å². The first-order valence-corrected chi connectivity index (χ1v) is 5.91. The van der Waals surface area contributed by atoms with Gasteiger partial charge in [-0.1, -0.05) is 30.3 Å². The van der Waals surface area contributed by atoms with Crippen LogP contribution in [0.15, 0.2) is 30.3 Å². The molecule has 3 atom stereocenters. The highest BCUT2D eigenvalue weighted by Crippen LogP contribution is 2.60. The molecular weight excluding hydrogens is 216 g/mol. The van der Waals surface area contributed by atoms with Gasteiger partial charge in [0.1, 0.15) is 5.41 Å². The highest BCUT2D eigenvalue weighted by molar-refractivity contribution is 5.80. The lowest BCUT2D eigenvalue weighted by Crippen LogP contribution is -2.46. The third-order valence-corrected chi connectivity index (χ3v) is 4.16. The Labute approximate surface area is 100 Å². The number of carbonyl (C=O) groups is 1. The van der Waals surface area contributed by atoms with Crippen molar-refractivity contribution >= 4 is 5.97 Å². The average molecular weight is 232 g/mol. The van der Waals surface area contributed by atoms with Gasteiger partial charge < -0.3 is 10.8 Å². The normalized spacial score (nSPS) is 35.6. The number of hydrogen-bond donors (Lipinski definition) is 2. The second kappa shape index (κ2) is 3.55. The molecule has 4 heteroatoms. The van der Waals surface area contributed by atoms with Crippen molar-refractivity contribution in [1.29, 1.82) is 0 Å². The van der Waals surface area contributed by atoms with E-state index in [2.05, 4.69) is 4.90 Å². The molecule has 1 aliphatic heterocycles. The molecule has 3 rings (SSSR count). The molecular formula is C13H16N2O2. The molecule has 1 saturated heterocycles. The minimum atomic E-state index is -0.731. The summed E-state index contributed by atoms with van der Waals surface area (Å²) in [6.45, 7) is 1.55. The summed E-state index contributed by atoms with van der Waals surface area (Å²) >= 11 is 0. The van der Waals surface area contributed by atoms with Gasteiger partial charge in [0.25, 0.3) is 0 Å². The molecule has 1 aromatic carbocycles. The van der Waals surface area contributed by atoms with Crippen molar-refractivity contribution in [2.45, 2.75) is 19.1 Å². The Bertz CT molecular complexity index is 448. The number of piperidine rings is 1. The molecule has 0 amide bonds. The SMILES string of the molecule is NC1N(Cc2ccccc2)CC2C[C@@]21C(=O)O. The van der Waals surface area contributed by atoms with E-state index in [9.17, 15) is 9.90 Å². The number of nitrogens with zero attached hydrogens (tertiary/aromatic N) is 1. The molecule has 90 valence electrons. The maximum Gasteiger partial charge on any atom is 0.312 e. The highest BCUT2D eigenvalue weighted by atomic mass is 16.4. The van der Waals surface area contributed by atoms with Crippen LogP contribution in [0.3, 0.4) is 0 Å². The summed E-state index contributed by atoms with van der Waals surface area (Å²) in [5.41, 5.74) is 6.62. The molecule has 4 nitrogen and oxygen atoms in total. The van der Waals surface area contributed by atoms with Gasteiger partial charge in [0, 0.05) is 13.1 Å². The monoisotopic (exact) mass is 232 g/mol. The smallest absolute Gasteiger partial charge is 0.312 e. The summed E-state index contributed by atoms with van der Waals surface area (Å²) in [5.74, 6) is -0.482. The lowest BCUT2D eigenvalue weighted by Gasteiger charge is -2.26. The van der Waals surface area contributed by atoms with E-state index in [-0.39, 0.29) is 12.1 Å². The van der Waals surface area contributed by atoms with Gasteiger partial charge in [-0.15, -0.1) is 0 Å². The van der Waals surface area contributed by atoms with Crippen molar-refractivity contribution in [2.75, 3.05) is 6.54 Å². The number of fused-ring (bicyclic) bond motifs is 1. The molecule has 1 saturated carbocycles. The molecule has 2 unspecified atom stereocenters.